The summed E-state index contributed by atoms with van der Waals surface area (Å²) >= 11 is 0. The molecule has 18 heavy (non-hydrogen) atoms. The van der Waals surface area contributed by atoms with Crippen molar-refractivity contribution >= 4 is 0 Å². The minimum atomic E-state index is -0.00228. The highest BCUT2D eigenvalue weighted by molar-refractivity contribution is 5.58. The van der Waals surface area contributed by atoms with Gasteiger partial charge in [0.25, 0.3) is 0 Å². The SMILES string of the molecule is Cc1ccc(-c2ccc(C(C)(C)CCN)o2)cc1. The lowest BCUT2D eigenvalue weighted by Gasteiger charge is -2.20. The van der Waals surface area contributed by atoms with Crippen LogP contribution in [0.3, 0.4) is 0 Å². The molecule has 0 fully saturated rings. The molecule has 2 rings (SSSR count). The van der Waals surface area contributed by atoms with Crippen molar-refractivity contribution in [3.05, 3.63) is 47.7 Å². The van der Waals surface area contributed by atoms with Crippen LogP contribution in [0.5, 0.6) is 0 Å². The first-order chi connectivity index (χ1) is 8.53. The van der Waals surface area contributed by atoms with Crippen LogP contribution < -0.4 is 5.73 Å². The number of hydrogen-bond acceptors (Lipinski definition) is 2. The lowest BCUT2D eigenvalue weighted by Crippen LogP contribution is -2.20. The van der Waals surface area contributed by atoms with E-state index in [-0.39, 0.29) is 5.41 Å². The summed E-state index contributed by atoms with van der Waals surface area (Å²) < 4.78 is 5.97. The predicted molar refractivity (Wildman–Crippen MR) is 75.6 cm³/mol. The van der Waals surface area contributed by atoms with E-state index in [4.69, 9.17) is 10.2 Å². The molecule has 1 aromatic carbocycles. The van der Waals surface area contributed by atoms with Gasteiger partial charge < -0.3 is 10.2 Å². The highest BCUT2D eigenvalue weighted by atomic mass is 16.3. The molecule has 0 bridgehead atoms. The zero-order valence-corrected chi connectivity index (χ0v) is 11.4. The van der Waals surface area contributed by atoms with Gasteiger partial charge in [0.05, 0.1) is 0 Å². The Labute approximate surface area is 109 Å². The maximum Gasteiger partial charge on any atom is 0.134 e. The molecule has 0 aliphatic carbocycles. The Hall–Kier alpha value is -1.54. The summed E-state index contributed by atoms with van der Waals surface area (Å²) in [5.74, 6) is 1.93. The Morgan fingerprint density at radius 1 is 1.06 bits per heavy atom. The zero-order valence-electron chi connectivity index (χ0n) is 11.4. The van der Waals surface area contributed by atoms with Crippen LogP contribution in [0.1, 0.15) is 31.6 Å². The van der Waals surface area contributed by atoms with Crippen molar-refractivity contribution in [2.75, 3.05) is 6.54 Å². The van der Waals surface area contributed by atoms with Gasteiger partial charge in [0.2, 0.25) is 0 Å². The number of aryl methyl sites for hydroxylation is 1. The second-order valence-corrected chi connectivity index (χ2v) is 5.45. The van der Waals surface area contributed by atoms with Crippen LogP contribution in [0.15, 0.2) is 40.8 Å². The summed E-state index contributed by atoms with van der Waals surface area (Å²) in [6, 6.07) is 12.5. The van der Waals surface area contributed by atoms with E-state index in [1.54, 1.807) is 0 Å². The van der Waals surface area contributed by atoms with E-state index in [1.807, 2.05) is 6.07 Å². The van der Waals surface area contributed by atoms with Crippen molar-refractivity contribution in [1.82, 2.24) is 0 Å². The van der Waals surface area contributed by atoms with E-state index in [1.165, 1.54) is 5.56 Å². The second kappa shape index (κ2) is 4.99. The molecule has 0 unspecified atom stereocenters. The predicted octanol–water partition coefficient (Wildman–Crippen LogP) is 3.88. The van der Waals surface area contributed by atoms with Crippen LogP contribution in [0.25, 0.3) is 11.3 Å². The van der Waals surface area contributed by atoms with Crippen LogP contribution in [-0.4, -0.2) is 6.54 Å². The number of hydrogen-bond donors (Lipinski definition) is 1. The van der Waals surface area contributed by atoms with Crippen molar-refractivity contribution in [1.29, 1.82) is 0 Å². The third-order valence-electron chi connectivity index (χ3n) is 3.38. The third kappa shape index (κ3) is 2.65. The lowest BCUT2D eigenvalue weighted by molar-refractivity contribution is 0.373. The number of rotatable bonds is 4. The minimum Gasteiger partial charge on any atom is -0.461 e. The van der Waals surface area contributed by atoms with Crippen molar-refractivity contribution in [2.45, 2.75) is 32.6 Å². The second-order valence-electron chi connectivity index (χ2n) is 5.45. The van der Waals surface area contributed by atoms with Crippen molar-refractivity contribution in [3.8, 4) is 11.3 Å². The first kappa shape index (κ1) is 12.9. The van der Waals surface area contributed by atoms with Gasteiger partial charge in [-0.1, -0.05) is 43.7 Å². The van der Waals surface area contributed by atoms with Gasteiger partial charge in [0.15, 0.2) is 0 Å². The van der Waals surface area contributed by atoms with Crippen LogP contribution in [-0.2, 0) is 5.41 Å². The van der Waals surface area contributed by atoms with Gasteiger partial charge in [-0.3, -0.25) is 0 Å². The smallest absolute Gasteiger partial charge is 0.134 e. The standard InChI is InChI=1S/C16H21NO/c1-12-4-6-13(7-5-12)14-8-9-15(18-14)16(2,3)10-11-17/h4-9H,10-11,17H2,1-3H3. The summed E-state index contributed by atoms with van der Waals surface area (Å²) in [5, 5.41) is 0. The molecular formula is C16H21NO. The van der Waals surface area contributed by atoms with Gasteiger partial charge in [-0.2, -0.15) is 0 Å². The van der Waals surface area contributed by atoms with Crippen LogP contribution in [0.4, 0.5) is 0 Å². The summed E-state index contributed by atoms with van der Waals surface area (Å²) in [5.41, 5.74) is 8.02. The first-order valence-electron chi connectivity index (χ1n) is 6.40. The van der Waals surface area contributed by atoms with E-state index in [2.05, 4.69) is 51.1 Å². The van der Waals surface area contributed by atoms with Gasteiger partial charge in [0.1, 0.15) is 11.5 Å². The lowest BCUT2D eigenvalue weighted by atomic mass is 9.87. The molecule has 0 radical (unpaired) electrons. The Morgan fingerprint density at radius 2 is 1.72 bits per heavy atom. The molecule has 0 aliphatic rings. The Balaban J connectivity index is 2.28. The van der Waals surface area contributed by atoms with E-state index in [0.717, 1.165) is 23.5 Å². The first-order valence-corrected chi connectivity index (χ1v) is 6.40. The number of benzene rings is 1. The van der Waals surface area contributed by atoms with Crippen LogP contribution >= 0.6 is 0 Å². The maximum absolute atomic E-state index is 5.97. The molecule has 2 aromatic rings. The van der Waals surface area contributed by atoms with Crippen molar-refractivity contribution in [3.63, 3.8) is 0 Å². The Bertz CT molecular complexity index is 508. The summed E-state index contributed by atoms with van der Waals surface area (Å²) in [7, 11) is 0. The molecule has 2 heteroatoms. The molecule has 1 aromatic heterocycles. The van der Waals surface area contributed by atoms with Crippen LogP contribution in [0.2, 0.25) is 0 Å². The average Bonchev–Trinajstić information content (AvgIpc) is 2.80. The zero-order chi connectivity index (χ0) is 13.2. The molecule has 2 nitrogen and oxygen atoms in total. The number of furan rings is 1. The van der Waals surface area contributed by atoms with Gasteiger partial charge >= 0.3 is 0 Å². The van der Waals surface area contributed by atoms with Gasteiger partial charge in [-0.15, -0.1) is 0 Å². The van der Waals surface area contributed by atoms with Gasteiger partial charge in [0, 0.05) is 11.0 Å². The molecule has 0 saturated heterocycles. The van der Waals surface area contributed by atoms with E-state index >= 15 is 0 Å². The monoisotopic (exact) mass is 243 g/mol. The van der Waals surface area contributed by atoms with Crippen LogP contribution in [0, 0.1) is 6.92 Å². The molecule has 0 saturated carbocycles. The Kier molecular flexibility index (Phi) is 3.58. The van der Waals surface area contributed by atoms with Gasteiger partial charge in [-0.05, 0) is 32.0 Å². The van der Waals surface area contributed by atoms with Gasteiger partial charge in [-0.25, -0.2) is 0 Å². The molecule has 0 aliphatic heterocycles. The molecule has 1 heterocycles. The molecule has 0 amide bonds. The topological polar surface area (TPSA) is 39.2 Å². The number of nitrogens with two attached hydrogens (primary N) is 1. The fourth-order valence-corrected chi connectivity index (χ4v) is 2.06. The quantitative estimate of drug-likeness (QED) is 0.885. The largest absolute Gasteiger partial charge is 0.461 e. The fourth-order valence-electron chi connectivity index (χ4n) is 2.06. The molecule has 2 N–H and O–H groups in total. The molecule has 0 spiro atoms. The fraction of sp³-hybridized carbons (Fsp3) is 0.375. The minimum absolute atomic E-state index is 0.00228. The third-order valence-corrected chi connectivity index (χ3v) is 3.38. The van der Waals surface area contributed by atoms with E-state index < -0.39 is 0 Å². The van der Waals surface area contributed by atoms with E-state index in [0.29, 0.717) is 6.54 Å². The maximum atomic E-state index is 5.97. The normalized spacial score (nSPS) is 11.8. The van der Waals surface area contributed by atoms with Crippen molar-refractivity contribution < 1.29 is 4.42 Å². The summed E-state index contributed by atoms with van der Waals surface area (Å²) in [4.78, 5) is 0. The average molecular weight is 243 g/mol. The molecule has 96 valence electrons. The van der Waals surface area contributed by atoms with Crippen molar-refractivity contribution in [2.24, 2.45) is 5.73 Å². The van der Waals surface area contributed by atoms with E-state index in [9.17, 15) is 0 Å². The molecule has 0 atom stereocenters. The highest BCUT2D eigenvalue weighted by Gasteiger charge is 2.23. The molecular weight excluding hydrogens is 222 g/mol. The Morgan fingerprint density at radius 3 is 2.33 bits per heavy atom. The summed E-state index contributed by atoms with van der Waals surface area (Å²) in [6.07, 6.45) is 0.924. The summed E-state index contributed by atoms with van der Waals surface area (Å²) in [6.45, 7) is 7.09. The highest BCUT2D eigenvalue weighted by Crippen LogP contribution is 2.31.